The third kappa shape index (κ3) is 3.77. The maximum absolute atomic E-state index is 13.6. The molecule has 0 unspecified atom stereocenters. The lowest BCUT2D eigenvalue weighted by atomic mass is 10.1. The van der Waals surface area contributed by atoms with Gasteiger partial charge in [-0.3, -0.25) is 0 Å². The lowest BCUT2D eigenvalue weighted by molar-refractivity contribution is -0.330. The van der Waals surface area contributed by atoms with Gasteiger partial charge < -0.3 is 19.6 Å². The second-order valence-electron chi connectivity index (χ2n) is 9.18. The molecule has 2 N–H and O–H groups in total. The minimum Gasteiger partial charge on any atom is -0.496 e. The first kappa shape index (κ1) is 23.4. The van der Waals surface area contributed by atoms with Crippen LogP contribution in [0.3, 0.4) is 0 Å². The number of carbonyl (C=O) groups excluding carboxylic acids is 2. The number of hydrogen-bond acceptors (Lipinski definition) is 6. The van der Waals surface area contributed by atoms with E-state index in [9.17, 15) is 9.59 Å². The van der Waals surface area contributed by atoms with Gasteiger partial charge in [-0.05, 0) is 42.7 Å². The minimum atomic E-state index is -0.553. The Morgan fingerprint density at radius 1 is 1.03 bits per heavy atom. The van der Waals surface area contributed by atoms with E-state index in [-0.39, 0.29) is 5.56 Å². The highest BCUT2D eigenvalue weighted by molar-refractivity contribution is 5.97. The Morgan fingerprint density at radius 2 is 1.84 bits per heavy atom. The van der Waals surface area contributed by atoms with Gasteiger partial charge in [0.25, 0.3) is 5.69 Å². The van der Waals surface area contributed by atoms with Crippen LogP contribution in [0.4, 0.5) is 17.1 Å². The number of benzene rings is 3. The Morgan fingerprint density at radius 3 is 2.66 bits per heavy atom. The molecule has 9 nitrogen and oxygen atoms in total. The molecule has 0 radical (unpaired) electrons. The maximum Gasteiger partial charge on any atom is 0.440 e. The molecular formula is C29H25N6O3+. The SMILES string of the molecule is COc1cc(N2CCc3[nH]c(C)nc3-c3ccccc32)ccc1C(=O)[N+](=C=O)c1cccc2[nH]c(C)nc12. The van der Waals surface area contributed by atoms with Crippen molar-refractivity contribution in [2.75, 3.05) is 18.6 Å². The highest BCUT2D eigenvalue weighted by Crippen LogP contribution is 2.40. The number of rotatable bonds is 4. The van der Waals surface area contributed by atoms with Crippen molar-refractivity contribution in [3.8, 4) is 17.0 Å². The van der Waals surface area contributed by atoms with Crippen LogP contribution in [0.1, 0.15) is 27.7 Å². The van der Waals surface area contributed by atoms with Gasteiger partial charge in [0.15, 0.2) is 5.52 Å². The van der Waals surface area contributed by atoms with E-state index >= 15 is 0 Å². The van der Waals surface area contributed by atoms with Gasteiger partial charge in [0.05, 0.1) is 24.0 Å². The van der Waals surface area contributed by atoms with Crippen molar-refractivity contribution in [2.24, 2.45) is 0 Å². The first-order valence-electron chi connectivity index (χ1n) is 12.3. The van der Waals surface area contributed by atoms with Crippen molar-refractivity contribution < 1.29 is 18.9 Å². The van der Waals surface area contributed by atoms with Crippen LogP contribution in [0.5, 0.6) is 5.75 Å². The Bertz CT molecular complexity index is 1780. The molecule has 6 rings (SSSR count). The van der Waals surface area contributed by atoms with Crippen LogP contribution in [-0.4, -0.2) is 50.2 Å². The zero-order valence-corrected chi connectivity index (χ0v) is 21.2. The summed E-state index contributed by atoms with van der Waals surface area (Å²) in [6.45, 7) is 4.48. The third-order valence-electron chi connectivity index (χ3n) is 6.80. The van der Waals surface area contributed by atoms with Crippen LogP contribution in [0, 0.1) is 13.8 Å². The highest BCUT2D eigenvalue weighted by atomic mass is 16.5. The summed E-state index contributed by atoms with van der Waals surface area (Å²) in [7, 11) is 1.51. The summed E-state index contributed by atoms with van der Waals surface area (Å²) >= 11 is 0. The van der Waals surface area contributed by atoms with Crippen LogP contribution >= 0.6 is 0 Å². The van der Waals surface area contributed by atoms with Crippen LogP contribution in [-0.2, 0) is 11.2 Å². The van der Waals surface area contributed by atoms with E-state index in [0.29, 0.717) is 29.3 Å². The van der Waals surface area contributed by atoms with Crippen LogP contribution in [0.2, 0.25) is 0 Å². The number of para-hydroxylation sites is 2. The third-order valence-corrected chi connectivity index (χ3v) is 6.80. The van der Waals surface area contributed by atoms with Gasteiger partial charge in [-0.15, -0.1) is 0 Å². The molecule has 1 aliphatic heterocycles. The first-order valence-corrected chi connectivity index (χ1v) is 12.3. The molecule has 5 aromatic rings. The number of imidazole rings is 2. The summed E-state index contributed by atoms with van der Waals surface area (Å²) in [6, 6.07) is 18.8. The number of H-pyrrole nitrogens is 2. The second kappa shape index (κ2) is 9.14. The number of ether oxygens (including phenoxy) is 1. The van der Waals surface area contributed by atoms with Gasteiger partial charge in [-0.2, -0.15) is 4.79 Å². The van der Waals surface area contributed by atoms with Crippen LogP contribution in [0.15, 0.2) is 60.7 Å². The average molecular weight is 506 g/mol. The number of fused-ring (bicyclic) bond motifs is 4. The monoisotopic (exact) mass is 505 g/mol. The smallest absolute Gasteiger partial charge is 0.440 e. The fraction of sp³-hybridized carbons (Fsp3) is 0.172. The van der Waals surface area contributed by atoms with Gasteiger partial charge in [0, 0.05) is 42.0 Å². The molecule has 3 aromatic carbocycles. The second-order valence-corrected chi connectivity index (χ2v) is 9.18. The number of aromatic amines is 2. The van der Waals surface area contributed by atoms with Crippen molar-refractivity contribution in [2.45, 2.75) is 20.3 Å². The molecule has 188 valence electrons. The summed E-state index contributed by atoms with van der Waals surface area (Å²) in [5.74, 6) is 1.37. The predicted molar refractivity (Wildman–Crippen MR) is 143 cm³/mol. The maximum atomic E-state index is 13.6. The van der Waals surface area contributed by atoms with E-state index in [0.717, 1.165) is 50.7 Å². The number of anilines is 2. The molecule has 0 atom stereocenters. The zero-order chi connectivity index (χ0) is 26.4. The van der Waals surface area contributed by atoms with Gasteiger partial charge in [-0.1, -0.05) is 24.3 Å². The standard InChI is InChI=1S/C29H25N6O3/c1-17-31-23-13-14-34(24-9-5-4-7-20(24)27(23)32-17)19-11-12-21(26(15-19)38-3)29(37)35(16-36)25-10-6-8-22-28(25)33-18(2)30-22/h4-12,15H,13-14H2,1-3H3,(H,30,33)(H,31,32)/q+1. The Labute approximate surface area is 218 Å². The van der Waals surface area contributed by atoms with E-state index in [2.05, 4.69) is 32.0 Å². The number of hydrogen-bond donors (Lipinski definition) is 2. The topological polar surface area (TPSA) is 107 Å². The summed E-state index contributed by atoms with van der Waals surface area (Å²) < 4.78 is 6.60. The number of amides is 1. The fourth-order valence-corrected chi connectivity index (χ4v) is 5.13. The number of carbonyl (C=O) groups is 1. The van der Waals surface area contributed by atoms with E-state index in [1.807, 2.05) is 44.2 Å². The van der Waals surface area contributed by atoms with Gasteiger partial charge in [-0.25, -0.2) is 14.8 Å². The van der Waals surface area contributed by atoms with E-state index in [1.165, 1.54) is 7.11 Å². The molecule has 0 saturated heterocycles. The quantitative estimate of drug-likeness (QED) is 0.200. The molecule has 2 aromatic heterocycles. The molecule has 0 fully saturated rings. The number of nitrogens with one attached hydrogen (secondary N) is 2. The molecule has 1 amide bonds. The zero-order valence-electron chi connectivity index (χ0n) is 21.2. The molecule has 1 aliphatic rings. The van der Waals surface area contributed by atoms with Gasteiger partial charge >= 0.3 is 12.0 Å². The van der Waals surface area contributed by atoms with Gasteiger partial charge in [0.2, 0.25) is 0 Å². The Hall–Kier alpha value is -5.01. The molecule has 38 heavy (non-hydrogen) atoms. The molecule has 0 spiro atoms. The van der Waals surface area contributed by atoms with Gasteiger partial charge in [0.1, 0.15) is 23.0 Å². The van der Waals surface area contributed by atoms with Crippen molar-refractivity contribution in [1.82, 2.24) is 19.9 Å². The summed E-state index contributed by atoms with van der Waals surface area (Å²) in [6.07, 6.45) is 2.56. The Kier molecular flexibility index (Phi) is 5.62. The molecule has 0 saturated carbocycles. The largest absolute Gasteiger partial charge is 0.496 e. The summed E-state index contributed by atoms with van der Waals surface area (Å²) in [5, 5.41) is 0. The molecule has 0 bridgehead atoms. The number of methoxy groups -OCH3 is 1. The molecule has 3 heterocycles. The van der Waals surface area contributed by atoms with E-state index in [1.54, 1.807) is 24.3 Å². The fourth-order valence-electron chi connectivity index (χ4n) is 5.13. The lowest BCUT2D eigenvalue weighted by Gasteiger charge is -2.25. The molecule has 0 aliphatic carbocycles. The average Bonchev–Trinajstić information content (AvgIpc) is 3.46. The number of nitrogens with zero attached hydrogens (tertiary/aromatic N) is 4. The summed E-state index contributed by atoms with van der Waals surface area (Å²) in [4.78, 5) is 43.5. The predicted octanol–water partition coefficient (Wildman–Crippen LogP) is 5.09. The van der Waals surface area contributed by atoms with E-state index < -0.39 is 5.91 Å². The minimum absolute atomic E-state index is 0.245. The Balaban J connectivity index is 1.40. The number of aromatic nitrogens is 4. The van der Waals surface area contributed by atoms with Crippen molar-refractivity contribution >= 4 is 40.1 Å². The molecule has 9 heteroatoms. The normalized spacial score (nSPS) is 12.4. The van der Waals surface area contributed by atoms with Crippen molar-refractivity contribution in [3.05, 3.63) is 83.6 Å². The number of isocyanates is 1. The van der Waals surface area contributed by atoms with Crippen LogP contribution < -0.4 is 9.64 Å². The lowest BCUT2D eigenvalue weighted by Crippen LogP contribution is -2.21. The molecular weight excluding hydrogens is 480 g/mol. The number of aryl methyl sites for hydroxylation is 2. The van der Waals surface area contributed by atoms with Crippen molar-refractivity contribution in [1.29, 1.82) is 0 Å². The first-order chi connectivity index (χ1) is 18.5. The highest BCUT2D eigenvalue weighted by Gasteiger charge is 2.31. The summed E-state index contributed by atoms with van der Waals surface area (Å²) in [5.41, 5.74) is 6.80. The van der Waals surface area contributed by atoms with E-state index in [4.69, 9.17) is 9.72 Å². The van der Waals surface area contributed by atoms with Crippen molar-refractivity contribution in [3.63, 3.8) is 0 Å². The van der Waals surface area contributed by atoms with Crippen LogP contribution in [0.25, 0.3) is 22.3 Å².